The molecule has 0 aromatic heterocycles. The summed E-state index contributed by atoms with van der Waals surface area (Å²) in [5.74, 6) is -1.60. The number of halogens is 2. The molecule has 1 N–H and O–H groups in total. The number of nitrogens with zero attached hydrogens (tertiary/aromatic N) is 2. The van der Waals surface area contributed by atoms with Gasteiger partial charge in [0.1, 0.15) is 5.54 Å². The van der Waals surface area contributed by atoms with Crippen molar-refractivity contribution in [2.75, 3.05) is 45.9 Å². The lowest BCUT2D eigenvalue weighted by Gasteiger charge is -2.46. The maximum Gasteiger partial charge on any atom is 0.416 e. The predicted molar refractivity (Wildman–Crippen MR) is 148 cm³/mol. The number of ether oxygens (including phenoxy) is 2. The molecule has 0 aliphatic carbocycles. The van der Waals surface area contributed by atoms with Crippen LogP contribution in [0.25, 0.3) is 0 Å². The van der Waals surface area contributed by atoms with Crippen LogP contribution in [0.1, 0.15) is 38.2 Å². The van der Waals surface area contributed by atoms with E-state index in [0.29, 0.717) is 50.7 Å². The molecular weight excluding hydrogens is 537 g/mol. The van der Waals surface area contributed by atoms with Crippen LogP contribution in [0.5, 0.6) is 5.75 Å². The molecule has 2 aromatic carbocycles. The van der Waals surface area contributed by atoms with Crippen LogP contribution < -0.4 is 10.1 Å². The van der Waals surface area contributed by atoms with Crippen LogP contribution >= 0.6 is 11.6 Å². The number of hydrogen-bond donors (Lipinski definition) is 1. The third kappa shape index (κ3) is 5.10. The van der Waals surface area contributed by atoms with Crippen molar-refractivity contribution in [1.29, 1.82) is 0 Å². The van der Waals surface area contributed by atoms with Crippen LogP contribution in [0.4, 0.5) is 9.18 Å². The molecule has 214 valence electrons. The van der Waals surface area contributed by atoms with Gasteiger partial charge in [-0.2, -0.15) is 0 Å². The summed E-state index contributed by atoms with van der Waals surface area (Å²) < 4.78 is 25.2. The molecule has 0 saturated carbocycles. The number of para-hydroxylation sites is 1. The van der Waals surface area contributed by atoms with Crippen LogP contribution in [-0.4, -0.2) is 79.1 Å². The Morgan fingerprint density at radius 3 is 2.40 bits per heavy atom. The van der Waals surface area contributed by atoms with Crippen LogP contribution in [0, 0.1) is 17.2 Å². The standard InChI is InChI=1S/C30H35ClFN3O5/c1-3-35(28(38)40-25-7-5-4-6-24(25)32)30(17-33-16-23(30)20-8-10-22(31)11-9-20)26(36)21-12-14-34(15-13-21)27(37)29(2)18-39-19-29/h4-11,21,23,33H,3,12-19H2,1-2H3/t23-,30+/m0/s1. The molecule has 2 aromatic rings. The molecule has 2 amide bonds. The topological polar surface area (TPSA) is 88.2 Å². The summed E-state index contributed by atoms with van der Waals surface area (Å²) >= 11 is 6.16. The van der Waals surface area contributed by atoms with Gasteiger partial charge in [-0.05, 0) is 56.5 Å². The summed E-state index contributed by atoms with van der Waals surface area (Å²) in [6.07, 6.45) is 0.210. The average Bonchev–Trinajstić information content (AvgIpc) is 3.38. The first-order valence-corrected chi connectivity index (χ1v) is 14.2. The predicted octanol–water partition coefficient (Wildman–Crippen LogP) is 4.27. The van der Waals surface area contributed by atoms with E-state index in [1.807, 2.05) is 24.0 Å². The zero-order valence-corrected chi connectivity index (χ0v) is 23.6. The molecule has 3 aliphatic rings. The summed E-state index contributed by atoms with van der Waals surface area (Å²) in [5, 5.41) is 3.92. The Hall–Kier alpha value is -3.01. The number of Topliss-reactive ketones (excluding diaryl/α,β-unsaturated/α-hetero) is 1. The maximum absolute atomic E-state index is 14.6. The fourth-order valence-corrected chi connectivity index (χ4v) is 6.45. The lowest BCUT2D eigenvalue weighted by molar-refractivity contribution is -0.170. The lowest BCUT2D eigenvalue weighted by Crippen LogP contribution is -2.64. The molecule has 0 radical (unpaired) electrons. The van der Waals surface area contributed by atoms with Crippen molar-refractivity contribution in [1.82, 2.24) is 15.1 Å². The largest absolute Gasteiger partial charge is 0.416 e. The molecule has 3 heterocycles. The molecule has 40 heavy (non-hydrogen) atoms. The number of piperidine rings is 1. The number of carbonyl (C=O) groups is 3. The summed E-state index contributed by atoms with van der Waals surface area (Å²) in [6.45, 7) is 6.33. The fraction of sp³-hybridized carbons (Fsp3) is 0.500. The van der Waals surface area contributed by atoms with Crippen molar-refractivity contribution in [3.63, 3.8) is 0 Å². The Morgan fingerprint density at radius 2 is 1.80 bits per heavy atom. The van der Waals surface area contributed by atoms with Gasteiger partial charge in [-0.25, -0.2) is 9.18 Å². The zero-order chi connectivity index (χ0) is 28.5. The number of ketones is 1. The quantitative estimate of drug-likeness (QED) is 0.534. The smallest absolute Gasteiger partial charge is 0.407 e. The van der Waals surface area contributed by atoms with Gasteiger partial charge in [0.05, 0.1) is 18.6 Å². The van der Waals surface area contributed by atoms with Crippen LogP contribution in [-0.2, 0) is 14.3 Å². The summed E-state index contributed by atoms with van der Waals surface area (Å²) in [5.41, 5.74) is -0.900. The number of amides is 2. The van der Waals surface area contributed by atoms with E-state index >= 15 is 0 Å². The molecule has 0 bridgehead atoms. The first-order chi connectivity index (χ1) is 19.2. The Labute approximate surface area is 238 Å². The minimum absolute atomic E-state index is 0.0598. The third-order valence-electron chi connectivity index (χ3n) is 8.58. The molecule has 0 spiro atoms. The van der Waals surface area contributed by atoms with Crippen LogP contribution in [0.2, 0.25) is 5.02 Å². The Morgan fingerprint density at radius 1 is 1.12 bits per heavy atom. The van der Waals surface area contributed by atoms with Crippen LogP contribution in [0.15, 0.2) is 48.5 Å². The van der Waals surface area contributed by atoms with E-state index in [9.17, 15) is 18.8 Å². The molecule has 5 rings (SSSR count). The molecular formula is C30H35ClFN3O5. The van der Waals surface area contributed by atoms with Crippen molar-refractivity contribution in [2.45, 2.75) is 38.1 Å². The van der Waals surface area contributed by atoms with E-state index in [1.54, 1.807) is 25.1 Å². The molecule has 8 nitrogen and oxygen atoms in total. The number of rotatable bonds is 7. The van der Waals surface area contributed by atoms with E-state index in [-0.39, 0.29) is 42.4 Å². The second-order valence-corrected chi connectivity index (χ2v) is 11.6. The fourth-order valence-electron chi connectivity index (χ4n) is 6.33. The van der Waals surface area contributed by atoms with Crippen molar-refractivity contribution >= 4 is 29.4 Å². The monoisotopic (exact) mass is 571 g/mol. The van der Waals surface area contributed by atoms with Gasteiger partial charge in [-0.3, -0.25) is 14.5 Å². The first-order valence-electron chi connectivity index (χ1n) is 13.8. The summed E-state index contributed by atoms with van der Waals surface area (Å²) in [6, 6.07) is 13.0. The van der Waals surface area contributed by atoms with E-state index in [2.05, 4.69) is 5.32 Å². The molecule has 3 aliphatic heterocycles. The number of likely N-dealkylation sites (N-methyl/N-ethyl adjacent to an activating group) is 1. The van der Waals surface area contributed by atoms with Gasteiger partial charge in [-0.1, -0.05) is 35.9 Å². The minimum atomic E-state index is -1.27. The van der Waals surface area contributed by atoms with E-state index < -0.39 is 22.9 Å². The van der Waals surface area contributed by atoms with E-state index in [0.717, 1.165) is 5.56 Å². The highest BCUT2D eigenvalue weighted by Gasteiger charge is 2.57. The minimum Gasteiger partial charge on any atom is -0.407 e. The molecule has 0 unspecified atom stereocenters. The normalized spacial score (nSPS) is 24.3. The van der Waals surface area contributed by atoms with Gasteiger partial charge in [0.15, 0.2) is 17.3 Å². The Bertz CT molecular complexity index is 1260. The van der Waals surface area contributed by atoms with Gasteiger partial charge >= 0.3 is 6.09 Å². The average molecular weight is 572 g/mol. The SMILES string of the molecule is CCN(C(=O)Oc1ccccc1F)[C@]1(C(=O)C2CCN(C(=O)C3(C)COC3)CC2)CNC[C@H]1c1ccc(Cl)cc1. The second-order valence-electron chi connectivity index (χ2n) is 11.2. The van der Waals surface area contributed by atoms with Gasteiger partial charge in [0.25, 0.3) is 0 Å². The number of hydrogen-bond acceptors (Lipinski definition) is 6. The maximum atomic E-state index is 14.6. The van der Waals surface area contributed by atoms with Crippen molar-refractivity contribution in [3.05, 3.63) is 64.9 Å². The highest BCUT2D eigenvalue weighted by Crippen LogP contribution is 2.42. The van der Waals surface area contributed by atoms with Crippen molar-refractivity contribution in [2.24, 2.45) is 11.3 Å². The lowest BCUT2D eigenvalue weighted by atomic mass is 9.71. The van der Waals surface area contributed by atoms with Gasteiger partial charge in [-0.15, -0.1) is 0 Å². The Kier molecular flexibility index (Phi) is 8.17. The number of nitrogens with one attached hydrogen (secondary N) is 1. The van der Waals surface area contributed by atoms with Crippen molar-refractivity contribution in [3.8, 4) is 5.75 Å². The highest BCUT2D eigenvalue weighted by molar-refractivity contribution is 6.30. The molecule has 10 heteroatoms. The summed E-state index contributed by atoms with van der Waals surface area (Å²) in [7, 11) is 0. The van der Waals surface area contributed by atoms with E-state index in [4.69, 9.17) is 21.1 Å². The van der Waals surface area contributed by atoms with Gasteiger partial charge in [0.2, 0.25) is 5.91 Å². The molecule has 3 fully saturated rings. The van der Waals surface area contributed by atoms with Crippen molar-refractivity contribution < 1.29 is 28.2 Å². The molecule has 3 saturated heterocycles. The first kappa shape index (κ1) is 28.5. The van der Waals surface area contributed by atoms with Crippen LogP contribution in [0.3, 0.4) is 0 Å². The molecule has 2 atom stereocenters. The van der Waals surface area contributed by atoms with Gasteiger partial charge < -0.3 is 19.7 Å². The zero-order valence-electron chi connectivity index (χ0n) is 22.8. The number of carbonyl (C=O) groups excluding carboxylic acids is 3. The number of likely N-dealkylation sites (tertiary alicyclic amines) is 1. The highest BCUT2D eigenvalue weighted by atomic mass is 35.5. The Balaban J connectivity index is 1.45. The second kappa shape index (κ2) is 11.5. The van der Waals surface area contributed by atoms with Gasteiger partial charge in [0, 0.05) is 49.6 Å². The number of benzene rings is 2. The third-order valence-corrected chi connectivity index (χ3v) is 8.83. The summed E-state index contributed by atoms with van der Waals surface area (Å²) in [4.78, 5) is 44.6. The van der Waals surface area contributed by atoms with E-state index in [1.165, 1.54) is 23.1 Å².